The first-order chi connectivity index (χ1) is 30.8. The molecule has 6 aromatic rings. The van der Waals surface area contributed by atoms with Crippen molar-refractivity contribution < 1.29 is 0 Å². The Bertz CT molecular complexity index is 2670. The van der Waals surface area contributed by atoms with E-state index in [0.29, 0.717) is 0 Å². The Morgan fingerprint density at radius 2 is 1.06 bits per heavy atom. The van der Waals surface area contributed by atoms with Gasteiger partial charge in [-0.15, -0.1) is 0 Å². The van der Waals surface area contributed by atoms with Crippen LogP contribution in [0, 0.1) is 43.4 Å². The fourth-order valence-corrected chi connectivity index (χ4v) is 15.6. The molecule has 0 amide bonds. The average Bonchev–Trinajstić information content (AvgIpc) is 4.00. The molecule has 8 bridgehead atoms. The highest BCUT2D eigenvalue weighted by atomic mass is 14.7. The zero-order valence-electron chi connectivity index (χ0n) is 38.5. The summed E-state index contributed by atoms with van der Waals surface area (Å²) in [6, 6.07) is 38.3. The Labute approximate surface area is 377 Å². The number of rotatable bonds is 11. The monoisotopic (exact) mass is 827 g/mol. The molecule has 0 radical (unpaired) electrons. The summed E-state index contributed by atoms with van der Waals surface area (Å²) in [5.41, 5.74) is 21.4. The van der Waals surface area contributed by atoms with Crippen molar-refractivity contribution in [3.63, 3.8) is 0 Å². The Balaban J connectivity index is 0.925. The molecule has 7 atom stereocenters. The molecule has 2 aromatic heterocycles. The molecule has 63 heavy (non-hydrogen) atoms. The molecule has 4 saturated carbocycles. The Morgan fingerprint density at radius 3 is 1.63 bits per heavy atom. The third-order valence-corrected chi connectivity index (χ3v) is 18.4. The second-order valence-electron chi connectivity index (χ2n) is 21.5. The minimum atomic E-state index is -0.206. The van der Waals surface area contributed by atoms with Gasteiger partial charge in [0.1, 0.15) is 0 Å². The van der Waals surface area contributed by atoms with Crippen LogP contribution in [-0.2, 0) is 5.41 Å². The first-order valence-electron chi connectivity index (χ1n) is 25.3. The van der Waals surface area contributed by atoms with Crippen molar-refractivity contribution in [1.29, 1.82) is 0 Å². The first kappa shape index (κ1) is 39.7. The van der Waals surface area contributed by atoms with Gasteiger partial charge in [0.25, 0.3) is 0 Å². The van der Waals surface area contributed by atoms with E-state index in [-0.39, 0.29) is 5.41 Å². The molecule has 4 aromatic carbocycles. The number of hydrogen-bond donors (Lipinski definition) is 0. The third-order valence-electron chi connectivity index (χ3n) is 18.4. The summed E-state index contributed by atoms with van der Waals surface area (Å²) >= 11 is 0. The van der Waals surface area contributed by atoms with E-state index in [1.807, 2.05) is 0 Å². The zero-order valence-corrected chi connectivity index (χ0v) is 38.5. The molecule has 2 heteroatoms. The van der Waals surface area contributed by atoms with Gasteiger partial charge < -0.3 is 0 Å². The van der Waals surface area contributed by atoms with Crippen LogP contribution in [0.2, 0.25) is 0 Å². The van der Waals surface area contributed by atoms with Gasteiger partial charge in [-0.05, 0) is 200 Å². The summed E-state index contributed by atoms with van der Waals surface area (Å²) < 4.78 is 0. The molecule has 8 aliphatic rings. The highest BCUT2D eigenvalue weighted by Gasteiger charge is 2.52. The van der Waals surface area contributed by atoms with E-state index in [4.69, 9.17) is 9.97 Å². The summed E-state index contributed by atoms with van der Waals surface area (Å²) in [7, 11) is 0. The number of hydrogen-bond acceptors (Lipinski definition) is 2. The lowest BCUT2D eigenvalue weighted by Gasteiger charge is -2.37. The van der Waals surface area contributed by atoms with Gasteiger partial charge >= 0.3 is 0 Å². The molecule has 2 nitrogen and oxygen atoms in total. The standard InChI is InChI=1S/C61H66N2/c1-6-9-11-52-56-32-46-29-47(56)33-57(52)53-19-15-39(31-55(46)53)59-21-17-41(35-63-59)51-13-10-12-50(60(51)61(7-2,8-3)48-23-36(4)22-37(5)24-48)40-16-20-58(62-34-40)38-14-18-49-44-25-42-27-45(54(49)30-38)28-43(42)26-44/h10,12-24,30-31,34-35,42-47,52,56-57H,6-9,11,25-29,32-33H2,1-5H3. The van der Waals surface area contributed by atoms with Crippen LogP contribution in [0.25, 0.3) is 44.8 Å². The van der Waals surface area contributed by atoms with Gasteiger partial charge in [0.05, 0.1) is 11.4 Å². The molecular formula is C61H66N2. The smallest absolute Gasteiger partial charge is 0.0702 e. The second-order valence-corrected chi connectivity index (χ2v) is 21.5. The lowest BCUT2D eigenvalue weighted by Crippen LogP contribution is -2.28. The molecule has 2 heterocycles. The number of aromatic nitrogens is 2. The Hall–Kier alpha value is -4.82. The molecule has 0 N–H and O–H groups in total. The molecule has 0 saturated heterocycles. The van der Waals surface area contributed by atoms with E-state index < -0.39 is 0 Å². The van der Waals surface area contributed by atoms with Gasteiger partial charge in [-0.3, -0.25) is 9.97 Å². The number of nitrogens with zero attached hydrogens (tertiary/aromatic N) is 2. The van der Waals surface area contributed by atoms with E-state index in [9.17, 15) is 0 Å². The van der Waals surface area contributed by atoms with Gasteiger partial charge in [-0.25, -0.2) is 0 Å². The molecule has 4 fully saturated rings. The SMILES string of the molecule is CCCCC1C2CC3CC(CC31)c1cc(-c3ccc(-c4cccc(-c5ccc(-c6ccc7c(c6)C6CC8CC7CC8C6)nc5)c4C(CC)(CC)c4cc(C)cc(C)c4)cn3)ccc12. The molecule has 8 aliphatic carbocycles. The van der Waals surface area contributed by atoms with E-state index in [0.717, 1.165) is 77.5 Å². The van der Waals surface area contributed by atoms with Crippen molar-refractivity contribution in [2.75, 3.05) is 0 Å². The van der Waals surface area contributed by atoms with Crippen LogP contribution in [0.3, 0.4) is 0 Å². The van der Waals surface area contributed by atoms with Crippen molar-refractivity contribution in [2.24, 2.45) is 29.6 Å². The van der Waals surface area contributed by atoms with Gasteiger partial charge in [0, 0.05) is 40.1 Å². The van der Waals surface area contributed by atoms with E-state index >= 15 is 0 Å². The number of pyridine rings is 2. The van der Waals surface area contributed by atoms with Gasteiger partial charge in [0.15, 0.2) is 0 Å². The van der Waals surface area contributed by atoms with Crippen LogP contribution in [0.4, 0.5) is 0 Å². The van der Waals surface area contributed by atoms with Crippen LogP contribution >= 0.6 is 0 Å². The predicted molar refractivity (Wildman–Crippen MR) is 261 cm³/mol. The molecule has 0 spiro atoms. The summed E-state index contributed by atoms with van der Waals surface area (Å²) in [5.74, 6) is 7.69. The maximum Gasteiger partial charge on any atom is 0.0702 e. The summed E-state index contributed by atoms with van der Waals surface area (Å²) in [6.07, 6.45) is 20.3. The van der Waals surface area contributed by atoms with Crippen molar-refractivity contribution >= 4 is 0 Å². The fourth-order valence-electron chi connectivity index (χ4n) is 15.6. The number of unbranched alkanes of at least 4 members (excludes halogenated alkanes) is 1. The van der Waals surface area contributed by atoms with Crippen LogP contribution < -0.4 is 0 Å². The van der Waals surface area contributed by atoms with Gasteiger partial charge in [0.2, 0.25) is 0 Å². The molecule has 7 unspecified atom stereocenters. The van der Waals surface area contributed by atoms with Gasteiger partial charge in [-0.2, -0.15) is 0 Å². The summed E-state index contributed by atoms with van der Waals surface area (Å²) in [4.78, 5) is 10.6. The zero-order chi connectivity index (χ0) is 42.6. The normalized spacial score (nSPS) is 27.2. The summed E-state index contributed by atoms with van der Waals surface area (Å²) in [6.45, 7) is 11.6. The minimum Gasteiger partial charge on any atom is -0.256 e. The highest BCUT2D eigenvalue weighted by Crippen LogP contribution is 2.64. The van der Waals surface area contributed by atoms with E-state index in [2.05, 4.69) is 144 Å². The number of aryl methyl sites for hydroxylation is 2. The average molecular weight is 827 g/mol. The topological polar surface area (TPSA) is 25.8 Å². The Kier molecular flexibility index (Phi) is 9.73. The van der Waals surface area contributed by atoms with Crippen molar-refractivity contribution in [2.45, 2.75) is 141 Å². The molecular weight excluding hydrogens is 761 g/mol. The van der Waals surface area contributed by atoms with Crippen molar-refractivity contribution in [3.05, 3.63) is 154 Å². The maximum absolute atomic E-state index is 5.31. The fraction of sp³-hybridized carbons (Fsp3) is 0.443. The van der Waals surface area contributed by atoms with Crippen molar-refractivity contribution in [1.82, 2.24) is 9.97 Å². The third kappa shape index (κ3) is 6.38. The molecule has 0 aliphatic heterocycles. The predicted octanol–water partition coefficient (Wildman–Crippen LogP) is 16.3. The van der Waals surface area contributed by atoms with E-state index in [1.54, 1.807) is 22.3 Å². The minimum absolute atomic E-state index is 0.206. The van der Waals surface area contributed by atoms with Gasteiger partial charge in [-0.1, -0.05) is 118 Å². The highest BCUT2D eigenvalue weighted by molar-refractivity contribution is 5.82. The van der Waals surface area contributed by atoms with E-state index in [1.165, 1.54) is 120 Å². The second kappa shape index (κ2) is 15.4. The lowest BCUT2D eigenvalue weighted by atomic mass is 9.66. The molecule has 14 rings (SSSR count). The quantitative estimate of drug-likeness (QED) is 0.130. The Morgan fingerprint density at radius 1 is 0.524 bits per heavy atom. The van der Waals surface area contributed by atoms with Crippen LogP contribution in [-0.4, -0.2) is 9.97 Å². The molecule has 320 valence electrons. The van der Waals surface area contributed by atoms with Crippen LogP contribution in [0.1, 0.15) is 166 Å². The maximum atomic E-state index is 5.31. The lowest BCUT2D eigenvalue weighted by molar-refractivity contribution is 0.314. The number of benzene rings is 4. The largest absolute Gasteiger partial charge is 0.256 e. The van der Waals surface area contributed by atoms with Crippen LogP contribution in [0.5, 0.6) is 0 Å². The summed E-state index contributed by atoms with van der Waals surface area (Å²) in [5, 5.41) is 0. The first-order valence-corrected chi connectivity index (χ1v) is 25.3. The van der Waals surface area contributed by atoms with Crippen molar-refractivity contribution in [3.8, 4) is 44.8 Å². The van der Waals surface area contributed by atoms with Crippen LogP contribution in [0.15, 0.2) is 109 Å².